The summed E-state index contributed by atoms with van der Waals surface area (Å²) in [4.78, 5) is 27.7. The third-order valence-corrected chi connectivity index (χ3v) is 7.70. The largest absolute Gasteiger partial charge is 0.497 e. The van der Waals surface area contributed by atoms with E-state index in [9.17, 15) is 14.7 Å². The molecule has 0 aromatic heterocycles. The van der Waals surface area contributed by atoms with Crippen molar-refractivity contribution in [3.63, 3.8) is 0 Å². The molecule has 0 amide bonds. The number of benzene rings is 5. The quantitative estimate of drug-likeness (QED) is 0.119. The van der Waals surface area contributed by atoms with Crippen LogP contribution < -0.4 is 19.7 Å². The fraction of sp³-hybridized carbons (Fsp3) is 0.179. The summed E-state index contributed by atoms with van der Waals surface area (Å²) in [5.74, 6) is 0.351. The highest BCUT2D eigenvalue weighted by Gasteiger charge is 2.21. The van der Waals surface area contributed by atoms with E-state index in [2.05, 4.69) is 47.5 Å². The van der Waals surface area contributed by atoms with Crippen LogP contribution in [0.5, 0.6) is 11.5 Å². The van der Waals surface area contributed by atoms with Gasteiger partial charge in [-0.25, -0.2) is 4.79 Å². The van der Waals surface area contributed by atoms with Gasteiger partial charge in [0.15, 0.2) is 5.78 Å². The van der Waals surface area contributed by atoms with Crippen molar-refractivity contribution in [3.05, 3.63) is 155 Å². The van der Waals surface area contributed by atoms with Crippen LogP contribution in [0, 0.1) is 6.92 Å². The second-order valence-corrected chi connectivity index (χ2v) is 11.1. The summed E-state index contributed by atoms with van der Waals surface area (Å²) in [6.45, 7) is 3.91. The van der Waals surface area contributed by atoms with Crippen molar-refractivity contribution in [2.24, 2.45) is 0 Å². The van der Waals surface area contributed by atoms with Crippen LogP contribution in [0.3, 0.4) is 0 Å². The van der Waals surface area contributed by atoms with Crippen molar-refractivity contribution < 1.29 is 24.2 Å². The van der Waals surface area contributed by atoms with Gasteiger partial charge in [0.05, 0.1) is 13.7 Å². The number of rotatable bonds is 15. The summed E-state index contributed by atoms with van der Waals surface area (Å²) >= 11 is 0. The fourth-order valence-corrected chi connectivity index (χ4v) is 5.29. The molecule has 0 saturated carbocycles. The smallest absolute Gasteiger partial charge is 0.326 e. The molecular weight excluding hydrogens is 576 g/mol. The van der Waals surface area contributed by atoms with Gasteiger partial charge in [-0.2, -0.15) is 0 Å². The fourth-order valence-electron chi connectivity index (χ4n) is 5.29. The van der Waals surface area contributed by atoms with E-state index in [1.54, 1.807) is 55.6 Å². The van der Waals surface area contributed by atoms with Crippen molar-refractivity contribution in [3.8, 4) is 11.5 Å². The van der Waals surface area contributed by atoms with E-state index in [1.807, 2.05) is 48.5 Å². The molecule has 0 fully saturated rings. The molecular formula is C39H38N2O5. The number of nitrogens with one attached hydrogen (secondary N) is 1. The number of para-hydroxylation sites is 1. The summed E-state index contributed by atoms with van der Waals surface area (Å²) in [7, 11) is 1.67. The molecule has 1 unspecified atom stereocenters. The lowest BCUT2D eigenvalue weighted by atomic mass is 10.00. The molecule has 1 atom stereocenters. The molecule has 0 aliphatic rings. The number of carbonyl (C=O) groups excluding carboxylic acids is 1. The molecule has 0 spiro atoms. The number of anilines is 2. The van der Waals surface area contributed by atoms with Gasteiger partial charge in [0.2, 0.25) is 0 Å². The maximum atomic E-state index is 13.1. The summed E-state index contributed by atoms with van der Waals surface area (Å²) < 4.78 is 11.5. The number of carbonyl (C=O) groups is 2. The SMILES string of the molecule is COc1cccc(CN(CCOc2ccc(CC(Nc3ccccc3C(=O)c3ccccc3)C(=O)O)cc2)c2cccc(C)c2)c1. The van der Waals surface area contributed by atoms with Crippen molar-refractivity contribution in [1.29, 1.82) is 0 Å². The number of nitrogens with zero attached hydrogens (tertiary/aromatic N) is 1. The molecule has 7 nitrogen and oxygen atoms in total. The second kappa shape index (κ2) is 15.4. The van der Waals surface area contributed by atoms with Crippen LogP contribution in [0.25, 0.3) is 0 Å². The highest BCUT2D eigenvalue weighted by atomic mass is 16.5. The minimum Gasteiger partial charge on any atom is -0.497 e. The molecule has 46 heavy (non-hydrogen) atoms. The first kappa shape index (κ1) is 31.9. The van der Waals surface area contributed by atoms with Crippen molar-refractivity contribution in [1.82, 2.24) is 0 Å². The van der Waals surface area contributed by atoms with Crippen molar-refractivity contribution in [2.45, 2.75) is 25.9 Å². The van der Waals surface area contributed by atoms with Gasteiger partial charge < -0.3 is 24.8 Å². The first-order valence-electron chi connectivity index (χ1n) is 15.2. The highest BCUT2D eigenvalue weighted by Crippen LogP contribution is 2.23. The van der Waals surface area contributed by atoms with Crippen LogP contribution in [-0.2, 0) is 17.8 Å². The molecule has 0 saturated heterocycles. The summed E-state index contributed by atoms with van der Waals surface area (Å²) in [5, 5.41) is 13.1. The number of aliphatic carboxylic acids is 1. The van der Waals surface area contributed by atoms with Crippen molar-refractivity contribution >= 4 is 23.1 Å². The maximum absolute atomic E-state index is 13.1. The molecule has 0 heterocycles. The zero-order valence-electron chi connectivity index (χ0n) is 26.1. The van der Waals surface area contributed by atoms with Gasteiger partial charge in [0.1, 0.15) is 24.1 Å². The lowest BCUT2D eigenvalue weighted by molar-refractivity contribution is -0.137. The molecule has 5 rings (SSSR count). The van der Waals surface area contributed by atoms with Crippen LogP contribution in [0.1, 0.15) is 32.6 Å². The average molecular weight is 615 g/mol. The molecule has 7 heteroatoms. The van der Waals surface area contributed by atoms with Gasteiger partial charge in [-0.3, -0.25) is 4.79 Å². The number of ether oxygens (including phenoxy) is 2. The first-order valence-corrected chi connectivity index (χ1v) is 15.2. The van der Waals surface area contributed by atoms with Crippen LogP contribution in [-0.4, -0.2) is 43.2 Å². The highest BCUT2D eigenvalue weighted by molar-refractivity contribution is 6.12. The van der Waals surface area contributed by atoms with E-state index in [0.717, 1.165) is 22.6 Å². The Hall–Kier alpha value is -5.56. The predicted octanol–water partition coefficient (Wildman–Crippen LogP) is 7.43. The Morgan fingerprint density at radius 2 is 1.52 bits per heavy atom. The van der Waals surface area contributed by atoms with Gasteiger partial charge in [0.25, 0.3) is 0 Å². The van der Waals surface area contributed by atoms with E-state index in [-0.39, 0.29) is 12.2 Å². The maximum Gasteiger partial charge on any atom is 0.326 e. The number of carboxylic acids is 1. The van der Waals surface area contributed by atoms with E-state index < -0.39 is 12.0 Å². The summed E-state index contributed by atoms with van der Waals surface area (Å²) in [5.41, 5.74) is 5.72. The minimum absolute atomic E-state index is 0.168. The standard InChI is InChI=1S/C39H38N2O5/c1-28-10-8-14-32(24-28)41(27-30-11-9-15-34(25-30)45-2)22-23-46-33-20-18-29(19-21-33)26-37(39(43)44)40-36-17-7-6-16-35(36)38(42)31-12-4-3-5-13-31/h3-21,24-25,37,40H,22-23,26-27H2,1-2H3,(H,43,44). The summed E-state index contributed by atoms with van der Waals surface area (Å²) in [6.07, 6.45) is 0.227. The van der Waals surface area contributed by atoms with E-state index in [1.165, 1.54) is 5.56 Å². The van der Waals surface area contributed by atoms with Gasteiger partial charge in [-0.1, -0.05) is 78.9 Å². The third-order valence-electron chi connectivity index (χ3n) is 7.70. The third kappa shape index (κ3) is 8.54. The number of methoxy groups -OCH3 is 1. The van der Waals surface area contributed by atoms with Gasteiger partial charge in [0, 0.05) is 35.5 Å². The van der Waals surface area contributed by atoms with E-state index in [4.69, 9.17) is 9.47 Å². The average Bonchev–Trinajstić information content (AvgIpc) is 3.08. The normalized spacial score (nSPS) is 11.3. The Morgan fingerprint density at radius 1 is 0.783 bits per heavy atom. The zero-order chi connectivity index (χ0) is 32.3. The summed E-state index contributed by atoms with van der Waals surface area (Å²) in [6, 6.07) is 39.0. The Balaban J connectivity index is 1.22. The Labute approximate surface area is 270 Å². The molecule has 0 aliphatic carbocycles. The predicted molar refractivity (Wildman–Crippen MR) is 182 cm³/mol. The minimum atomic E-state index is -1.01. The van der Waals surface area contributed by atoms with Gasteiger partial charge in [-0.15, -0.1) is 0 Å². The van der Waals surface area contributed by atoms with Gasteiger partial charge >= 0.3 is 5.97 Å². The van der Waals surface area contributed by atoms with Gasteiger partial charge in [-0.05, 0) is 72.1 Å². The second-order valence-electron chi connectivity index (χ2n) is 11.1. The zero-order valence-corrected chi connectivity index (χ0v) is 26.1. The number of carboxylic acid groups (broad SMARTS) is 1. The van der Waals surface area contributed by atoms with Crippen molar-refractivity contribution in [2.75, 3.05) is 30.5 Å². The van der Waals surface area contributed by atoms with Crippen LogP contribution in [0.4, 0.5) is 11.4 Å². The van der Waals surface area contributed by atoms with E-state index >= 15 is 0 Å². The van der Waals surface area contributed by atoms with E-state index in [0.29, 0.717) is 42.3 Å². The molecule has 0 bridgehead atoms. The van der Waals surface area contributed by atoms with Crippen LogP contribution in [0.2, 0.25) is 0 Å². The Bertz CT molecular complexity index is 1750. The number of hydrogen-bond acceptors (Lipinski definition) is 6. The van der Waals surface area contributed by atoms with Crippen LogP contribution >= 0.6 is 0 Å². The first-order chi connectivity index (χ1) is 22.4. The Morgan fingerprint density at radius 3 is 2.26 bits per heavy atom. The topological polar surface area (TPSA) is 88.1 Å². The number of hydrogen-bond donors (Lipinski definition) is 2. The van der Waals surface area contributed by atoms with Crippen LogP contribution in [0.15, 0.2) is 127 Å². The number of aryl methyl sites for hydroxylation is 1. The molecule has 5 aromatic carbocycles. The lowest BCUT2D eigenvalue weighted by Gasteiger charge is -2.26. The number of ketones is 1. The monoisotopic (exact) mass is 614 g/mol. The molecule has 5 aromatic rings. The molecule has 234 valence electrons. The lowest BCUT2D eigenvalue weighted by Crippen LogP contribution is -2.32. The Kier molecular flexibility index (Phi) is 10.7. The molecule has 0 radical (unpaired) electrons. The molecule has 0 aliphatic heterocycles. The molecule has 2 N–H and O–H groups in total.